The zero-order valence-corrected chi connectivity index (χ0v) is 10.1. The van der Waals surface area contributed by atoms with Crippen molar-refractivity contribution in [2.45, 2.75) is 38.3 Å². The first-order chi connectivity index (χ1) is 8.27. The predicted molar refractivity (Wildman–Crippen MR) is 63.1 cm³/mol. The van der Waals surface area contributed by atoms with Gasteiger partial charge in [0.25, 0.3) is 0 Å². The Bertz CT molecular complexity index is 343. The van der Waals surface area contributed by atoms with E-state index in [4.69, 9.17) is 0 Å². The Labute approximate surface area is 101 Å². The maximum Gasteiger partial charge on any atom is 0.239 e. The molecule has 0 aliphatic carbocycles. The second-order valence-electron chi connectivity index (χ2n) is 4.48. The Balaban J connectivity index is 1.89. The van der Waals surface area contributed by atoms with Crippen LogP contribution in [0.3, 0.4) is 0 Å². The fourth-order valence-electron chi connectivity index (χ4n) is 2.11. The number of hydrogen-bond acceptors (Lipinski definition) is 4. The van der Waals surface area contributed by atoms with Crippen LogP contribution < -0.4 is 5.32 Å². The lowest BCUT2D eigenvalue weighted by Gasteiger charge is -2.22. The normalized spacial score (nSPS) is 20.9. The molecule has 94 valence electrons. The highest BCUT2D eigenvalue weighted by Crippen LogP contribution is 2.10. The van der Waals surface area contributed by atoms with Gasteiger partial charge in [-0.3, -0.25) is 9.89 Å². The molecule has 0 spiro atoms. The molecule has 1 unspecified atom stereocenters. The quantitative estimate of drug-likeness (QED) is 0.792. The minimum absolute atomic E-state index is 0.0366. The first kappa shape index (κ1) is 12.0. The van der Waals surface area contributed by atoms with Crippen LogP contribution in [0.4, 0.5) is 0 Å². The number of aromatic amines is 1. The lowest BCUT2D eigenvalue weighted by atomic mass is 10.1. The minimum Gasteiger partial charge on any atom is -0.337 e. The Kier molecular flexibility index (Phi) is 4.08. The molecule has 1 atom stereocenters. The highest BCUT2D eigenvalue weighted by atomic mass is 16.2. The molecule has 0 saturated carbocycles. The molecule has 2 heterocycles. The third-order valence-electron chi connectivity index (χ3n) is 3.09. The summed E-state index contributed by atoms with van der Waals surface area (Å²) < 4.78 is 0. The third kappa shape index (κ3) is 3.26. The van der Waals surface area contributed by atoms with E-state index >= 15 is 0 Å². The van der Waals surface area contributed by atoms with Gasteiger partial charge in [-0.1, -0.05) is 12.8 Å². The molecule has 6 heteroatoms. The van der Waals surface area contributed by atoms with E-state index in [0.717, 1.165) is 31.6 Å². The number of carbonyl (C=O) groups excluding carboxylic acids is 1. The molecule has 1 aromatic rings. The molecule has 1 saturated heterocycles. The van der Waals surface area contributed by atoms with Crippen LogP contribution in [-0.4, -0.2) is 45.6 Å². The van der Waals surface area contributed by atoms with Gasteiger partial charge in [0.15, 0.2) is 0 Å². The summed E-state index contributed by atoms with van der Waals surface area (Å²) in [5, 5.41) is 9.84. The number of carbonyl (C=O) groups is 1. The molecule has 2 N–H and O–H groups in total. The molecule has 1 fully saturated rings. The molecule has 0 bridgehead atoms. The standard InChI is InChI=1S/C11H19N5O/c1-16(7-10-13-8-14-15-10)11(17)9-5-3-2-4-6-12-9/h8-9,12H,2-7H2,1H3,(H,13,14,15). The molecular formula is C11H19N5O. The lowest BCUT2D eigenvalue weighted by molar-refractivity contribution is -0.132. The van der Waals surface area contributed by atoms with E-state index in [1.807, 2.05) is 0 Å². The number of H-pyrrole nitrogens is 1. The van der Waals surface area contributed by atoms with Crippen molar-refractivity contribution < 1.29 is 4.79 Å². The van der Waals surface area contributed by atoms with E-state index < -0.39 is 0 Å². The highest BCUT2D eigenvalue weighted by Gasteiger charge is 2.23. The lowest BCUT2D eigenvalue weighted by Crippen LogP contribution is -2.44. The molecule has 1 aliphatic heterocycles. The van der Waals surface area contributed by atoms with Crippen LogP contribution in [0, 0.1) is 0 Å². The van der Waals surface area contributed by atoms with Crippen molar-refractivity contribution in [2.24, 2.45) is 0 Å². The van der Waals surface area contributed by atoms with Crippen LogP contribution in [0.15, 0.2) is 6.33 Å². The second-order valence-corrected chi connectivity index (χ2v) is 4.48. The Morgan fingerprint density at radius 3 is 3.18 bits per heavy atom. The summed E-state index contributed by atoms with van der Waals surface area (Å²) in [7, 11) is 1.80. The van der Waals surface area contributed by atoms with Gasteiger partial charge in [0.1, 0.15) is 12.2 Å². The number of aromatic nitrogens is 3. The number of rotatable bonds is 3. The Hall–Kier alpha value is -1.43. The van der Waals surface area contributed by atoms with E-state index in [1.54, 1.807) is 11.9 Å². The van der Waals surface area contributed by atoms with Gasteiger partial charge in [-0.2, -0.15) is 5.10 Å². The van der Waals surface area contributed by atoms with Gasteiger partial charge in [0, 0.05) is 7.05 Å². The topological polar surface area (TPSA) is 73.9 Å². The molecule has 0 aromatic carbocycles. The number of nitrogens with one attached hydrogen (secondary N) is 2. The minimum atomic E-state index is -0.0366. The molecule has 1 aromatic heterocycles. The van der Waals surface area contributed by atoms with Crippen molar-refractivity contribution >= 4 is 5.91 Å². The molecular weight excluding hydrogens is 218 g/mol. The van der Waals surface area contributed by atoms with Gasteiger partial charge in [-0.15, -0.1) is 0 Å². The maximum atomic E-state index is 12.2. The summed E-state index contributed by atoms with van der Waals surface area (Å²) in [6.07, 6.45) is 5.88. The molecule has 17 heavy (non-hydrogen) atoms. The van der Waals surface area contributed by atoms with E-state index in [9.17, 15) is 4.79 Å². The van der Waals surface area contributed by atoms with Crippen LogP contribution in [0.1, 0.15) is 31.5 Å². The fraction of sp³-hybridized carbons (Fsp3) is 0.727. The summed E-state index contributed by atoms with van der Waals surface area (Å²) >= 11 is 0. The Morgan fingerprint density at radius 1 is 1.53 bits per heavy atom. The summed E-state index contributed by atoms with van der Waals surface area (Å²) in [5.41, 5.74) is 0. The smallest absolute Gasteiger partial charge is 0.239 e. The van der Waals surface area contributed by atoms with Crippen molar-refractivity contribution in [2.75, 3.05) is 13.6 Å². The van der Waals surface area contributed by atoms with Crippen LogP contribution in [0.5, 0.6) is 0 Å². The summed E-state index contributed by atoms with van der Waals surface area (Å²) in [6, 6.07) is -0.0366. The van der Waals surface area contributed by atoms with Gasteiger partial charge in [-0.05, 0) is 19.4 Å². The zero-order chi connectivity index (χ0) is 12.1. The van der Waals surface area contributed by atoms with Gasteiger partial charge in [-0.25, -0.2) is 4.98 Å². The highest BCUT2D eigenvalue weighted by molar-refractivity contribution is 5.81. The van der Waals surface area contributed by atoms with Crippen LogP contribution in [0.25, 0.3) is 0 Å². The second kappa shape index (κ2) is 5.77. The van der Waals surface area contributed by atoms with Gasteiger partial charge in [0.05, 0.1) is 12.6 Å². The van der Waals surface area contributed by atoms with Crippen molar-refractivity contribution in [3.05, 3.63) is 12.2 Å². The van der Waals surface area contributed by atoms with Gasteiger partial charge >= 0.3 is 0 Å². The van der Waals surface area contributed by atoms with Crippen molar-refractivity contribution in [1.82, 2.24) is 25.4 Å². The molecule has 6 nitrogen and oxygen atoms in total. The largest absolute Gasteiger partial charge is 0.337 e. The van der Waals surface area contributed by atoms with E-state index in [2.05, 4.69) is 20.5 Å². The number of amides is 1. The SMILES string of the molecule is CN(Cc1ncn[nH]1)C(=O)C1CCCCCN1. The van der Waals surface area contributed by atoms with Crippen molar-refractivity contribution in [1.29, 1.82) is 0 Å². The first-order valence-corrected chi connectivity index (χ1v) is 6.10. The number of hydrogen-bond donors (Lipinski definition) is 2. The Morgan fingerprint density at radius 2 is 2.41 bits per heavy atom. The average molecular weight is 237 g/mol. The fourth-order valence-corrected chi connectivity index (χ4v) is 2.11. The number of likely N-dealkylation sites (N-methyl/N-ethyl adjacent to an activating group) is 1. The summed E-state index contributed by atoms with van der Waals surface area (Å²) in [6.45, 7) is 1.42. The monoisotopic (exact) mass is 237 g/mol. The van der Waals surface area contributed by atoms with Gasteiger partial charge < -0.3 is 10.2 Å². The summed E-state index contributed by atoms with van der Waals surface area (Å²) in [4.78, 5) is 17.9. The van der Waals surface area contributed by atoms with Crippen LogP contribution in [0.2, 0.25) is 0 Å². The van der Waals surface area contributed by atoms with E-state index in [1.165, 1.54) is 12.7 Å². The first-order valence-electron chi connectivity index (χ1n) is 6.10. The van der Waals surface area contributed by atoms with Gasteiger partial charge in [0.2, 0.25) is 5.91 Å². The predicted octanol–water partition coefficient (Wildman–Crippen LogP) is 0.295. The molecule has 0 radical (unpaired) electrons. The van der Waals surface area contributed by atoms with Crippen LogP contribution in [-0.2, 0) is 11.3 Å². The van der Waals surface area contributed by atoms with E-state index in [0.29, 0.717) is 6.54 Å². The van der Waals surface area contributed by atoms with Crippen molar-refractivity contribution in [3.8, 4) is 0 Å². The number of nitrogens with zero attached hydrogens (tertiary/aromatic N) is 3. The molecule has 1 aliphatic rings. The third-order valence-corrected chi connectivity index (χ3v) is 3.09. The van der Waals surface area contributed by atoms with Crippen molar-refractivity contribution in [3.63, 3.8) is 0 Å². The zero-order valence-electron chi connectivity index (χ0n) is 10.1. The van der Waals surface area contributed by atoms with E-state index in [-0.39, 0.29) is 11.9 Å². The molecule has 2 rings (SSSR count). The average Bonchev–Trinajstić information content (AvgIpc) is 2.68. The maximum absolute atomic E-state index is 12.2. The van der Waals surface area contributed by atoms with Crippen LogP contribution >= 0.6 is 0 Å². The summed E-state index contributed by atoms with van der Waals surface area (Å²) in [5.74, 6) is 0.859. The molecule has 1 amide bonds.